The number of fused-ring (bicyclic) bond motifs is 1. The smallest absolute Gasteiger partial charge is 0.224 e. The molecule has 1 aromatic carbocycles. The lowest BCUT2D eigenvalue weighted by Gasteiger charge is -2.30. The fourth-order valence-electron chi connectivity index (χ4n) is 2.58. The molecule has 22 heavy (non-hydrogen) atoms. The topological polar surface area (TPSA) is 61.3 Å². The van der Waals surface area contributed by atoms with E-state index < -0.39 is 0 Å². The Bertz CT molecular complexity index is 664. The van der Waals surface area contributed by atoms with Gasteiger partial charge in [0.2, 0.25) is 5.95 Å². The van der Waals surface area contributed by atoms with E-state index in [4.69, 9.17) is 5.11 Å². The molecule has 3 rings (SSSR count). The van der Waals surface area contributed by atoms with Crippen LogP contribution in [0.4, 0.5) is 11.8 Å². The lowest BCUT2D eigenvalue weighted by atomic mass is 10.00. The van der Waals surface area contributed by atoms with E-state index in [1.807, 2.05) is 13.0 Å². The maximum Gasteiger partial charge on any atom is 0.224 e. The second-order valence-corrected chi connectivity index (χ2v) is 6.47. The first kappa shape index (κ1) is 15.2. The van der Waals surface area contributed by atoms with Crippen LogP contribution in [0.1, 0.15) is 18.1 Å². The van der Waals surface area contributed by atoms with E-state index in [9.17, 15) is 0 Å². The molecule has 2 aromatic rings. The number of halogens is 1. The zero-order chi connectivity index (χ0) is 15.5. The van der Waals surface area contributed by atoms with Crippen LogP contribution in [0.15, 0.2) is 34.9 Å². The molecule has 1 aliphatic rings. The van der Waals surface area contributed by atoms with Crippen LogP contribution in [0.3, 0.4) is 0 Å². The lowest BCUT2D eigenvalue weighted by molar-refractivity contribution is 0.281. The minimum absolute atomic E-state index is 0.0543. The van der Waals surface area contributed by atoms with Gasteiger partial charge in [-0.3, -0.25) is 0 Å². The molecule has 116 valence electrons. The molecule has 6 heteroatoms. The fraction of sp³-hybridized carbons (Fsp3) is 0.375. The first-order valence-corrected chi connectivity index (χ1v) is 8.17. The number of hydrogen-bond donors (Lipinski definition) is 2. The number of anilines is 2. The third kappa shape index (κ3) is 3.39. The van der Waals surface area contributed by atoms with Crippen LogP contribution in [-0.4, -0.2) is 34.3 Å². The van der Waals surface area contributed by atoms with E-state index in [0.29, 0.717) is 5.95 Å². The lowest BCUT2D eigenvalue weighted by Crippen LogP contribution is -2.31. The molecule has 0 unspecified atom stereocenters. The van der Waals surface area contributed by atoms with Gasteiger partial charge in [0.25, 0.3) is 0 Å². The molecule has 0 amide bonds. The number of nitrogens with one attached hydrogen (secondary N) is 1. The van der Waals surface area contributed by atoms with Crippen LogP contribution >= 0.6 is 15.9 Å². The number of hydrogen-bond acceptors (Lipinski definition) is 5. The summed E-state index contributed by atoms with van der Waals surface area (Å²) < 4.78 is 1.11. The van der Waals surface area contributed by atoms with Gasteiger partial charge in [-0.25, -0.2) is 4.98 Å². The van der Waals surface area contributed by atoms with Crippen molar-refractivity contribution < 1.29 is 5.11 Å². The molecule has 5 nitrogen and oxygen atoms in total. The first-order chi connectivity index (χ1) is 10.7. The Morgan fingerprint density at radius 3 is 3.05 bits per heavy atom. The standard InChI is InChI=1S/C16H19BrN4O/c1-11(10-22)19-16-18-6-4-15(20-16)21-7-5-12-2-3-14(17)8-13(12)9-21/h2-4,6,8,11,22H,5,7,9-10H2,1H3,(H,18,19,20)/t11-/m0/s1. The van der Waals surface area contributed by atoms with Gasteiger partial charge in [0.1, 0.15) is 5.82 Å². The molecule has 1 aliphatic heterocycles. The Labute approximate surface area is 138 Å². The highest BCUT2D eigenvalue weighted by Crippen LogP contribution is 2.26. The summed E-state index contributed by atoms with van der Waals surface area (Å²) in [6.45, 7) is 3.74. The van der Waals surface area contributed by atoms with E-state index in [1.54, 1.807) is 6.20 Å². The van der Waals surface area contributed by atoms with Crippen LogP contribution in [0.5, 0.6) is 0 Å². The van der Waals surface area contributed by atoms with E-state index in [2.05, 4.69) is 54.3 Å². The molecule has 2 N–H and O–H groups in total. The summed E-state index contributed by atoms with van der Waals surface area (Å²) >= 11 is 3.54. The maximum atomic E-state index is 9.12. The van der Waals surface area contributed by atoms with Crippen LogP contribution in [-0.2, 0) is 13.0 Å². The minimum atomic E-state index is -0.0618. The highest BCUT2D eigenvalue weighted by Gasteiger charge is 2.18. The van der Waals surface area contributed by atoms with Gasteiger partial charge >= 0.3 is 0 Å². The van der Waals surface area contributed by atoms with Crippen molar-refractivity contribution in [3.8, 4) is 0 Å². The number of aliphatic hydroxyl groups excluding tert-OH is 1. The second-order valence-electron chi connectivity index (χ2n) is 5.55. The predicted octanol–water partition coefficient (Wildman–Crippen LogP) is 2.59. The number of benzene rings is 1. The Kier molecular flexibility index (Phi) is 4.59. The zero-order valence-corrected chi connectivity index (χ0v) is 14.0. The molecule has 0 aliphatic carbocycles. The number of nitrogens with zero attached hydrogens (tertiary/aromatic N) is 3. The Morgan fingerprint density at radius 1 is 1.36 bits per heavy atom. The van der Waals surface area contributed by atoms with Gasteiger partial charge in [-0.1, -0.05) is 22.0 Å². The van der Waals surface area contributed by atoms with Crippen molar-refractivity contribution in [3.05, 3.63) is 46.1 Å². The van der Waals surface area contributed by atoms with Crippen LogP contribution in [0.2, 0.25) is 0 Å². The van der Waals surface area contributed by atoms with Gasteiger partial charge in [-0.05, 0) is 42.7 Å². The van der Waals surface area contributed by atoms with Crippen molar-refractivity contribution >= 4 is 27.7 Å². The SMILES string of the molecule is C[C@@H](CO)Nc1nccc(N2CCc3ccc(Br)cc3C2)n1. The molecule has 2 heterocycles. The summed E-state index contributed by atoms with van der Waals surface area (Å²) in [6, 6.07) is 8.32. The van der Waals surface area contributed by atoms with E-state index in [1.165, 1.54) is 11.1 Å². The molecule has 0 saturated heterocycles. The highest BCUT2D eigenvalue weighted by atomic mass is 79.9. The van der Waals surface area contributed by atoms with Crippen molar-refractivity contribution in [1.82, 2.24) is 9.97 Å². The molecule has 0 saturated carbocycles. The molecule has 1 atom stereocenters. The summed E-state index contributed by atoms with van der Waals surface area (Å²) in [5.41, 5.74) is 2.73. The van der Waals surface area contributed by atoms with Crippen molar-refractivity contribution in [1.29, 1.82) is 0 Å². The number of aliphatic hydroxyl groups is 1. The summed E-state index contributed by atoms with van der Waals surface area (Å²) in [5, 5.41) is 12.2. The molecule has 0 bridgehead atoms. The molecular formula is C16H19BrN4O. The maximum absolute atomic E-state index is 9.12. The van der Waals surface area contributed by atoms with Crippen molar-refractivity contribution in [2.45, 2.75) is 25.9 Å². The van der Waals surface area contributed by atoms with E-state index in [0.717, 1.165) is 29.8 Å². The average molecular weight is 363 g/mol. The van der Waals surface area contributed by atoms with Crippen molar-refractivity contribution in [2.24, 2.45) is 0 Å². The molecule has 0 fully saturated rings. The van der Waals surface area contributed by atoms with Crippen molar-refractivity contribution in [2.75, 3.05) is 23.4 Å². The summed E-state index contributed by atoms with van der Waals surface area (Å²) in [5.74, 6) is 1.47. The average Bonchev–Trinajstić information content (AvgIpc) is 2.54. The second kappa shape index (κ2) is 6.62. The van der Waals surface area contributed by atoms with Gasteiger partial charge in [-0.15, -0.1) is 0 Å². The zero-order valence-electron chi connectivity index (χ0n) is 12.5. The van der Waals surface area contributed by atoms with Crippen LogP contribution < -0.4 is 10.2 Å². The fourth-order valence-corrected chi connectivity index (χ4v) is 2.99. The Hall–Kier alpha value is -1.66. The Balaban J connectivity index is 1.79. The summed E-state index contributed by atoms with van der Waals surface area (Å²) in [4.78, 5) is 11.0. The molecule has 0 spiro atoms. The summed E-state index contributed by atoms with van der Waals surface area (Å²) in [7, 11) is 0. The van der Waals surface area contributed by atoms with Gasteiger partial charge in [-0.2, -0.15) is 4.98 Å². The minimum Gasteiger partial charge on any atom is -0.394 e. The quantitative estimate of drug-likeness (QED) is 0.875. The largest absolute Gasteiger partial charge is 0.394 e. The monoisotopic (exact) mass is 362 g/mol. The Morgan fingerprint density at radius 2 is 2.23 bits per heavy atom. The predicted molar refractivity (Wildman–Crippen MR) is 91.1 cm³/mol. The van der Waals surface area contributed by atoms with Crippen LogP contribution in [0, 0.1) is 0 Å². The normalized spacial score (nSPS) is 15.3. The van der Waals surface area contributed by atoms with Gasteiger partial charge in [0.15, 0.2) is 0 Å². The van der Waals surface area contributed by atoms with E-state index in [-0.39, 0.29) is 12.6 Å². The first-order valence-electron chi connectivity index (χ1n) is 7.38. The highest BCUT2D eigenvalue weighted by molar-refractivity contribution is 9.10. The number of rotatable bonds is 4. The third-order valence-corrected chi connectivity index (χ3v) is 4.29. The van der Waals surface area contributed by atoms with Gasteiger partial charge < -0.3 is 15.3 Å². The summed E-state index contributed by atoms with van der Waals surface area (Å²) in [6.07, 6.45) is 2.77. The van der Waals surface area contributed by atoms with E-state index >= 15 is 0 Å². The third-order valence-electron chi connectivity index (χ3n) is 3.79. The molecule has 0 radical (unpaired) electrons. The van der Waals surface area contributed by atoms with Crippen LogP contribution in [0.25, 0.3) is 0 Å². The van der Waals surface area contributed by atoms with Gasteiger partial charge in [0.05, 0.1) is 6.61 Å². The molecule has 1 aromatic heterocycles. The van der Waals surface area contributed by atoms with Crippen molar-refractivity contribution in [3.63, 3.8) is 0 Å². The number of aromatic nitrogens is 2. The van der Waals surface area contributed by atoms with Gasteiger partial charge in [0, 0.05) is 29.8 Å². The molecular weight excluding hydrogens is 344 g/mol.